The van der Waals surface area contributed by atoms with Crippen molar-refractivity contribution in [3.63, 3.8) is 0 Å². The number of nitrogens with one attached hydrogen (secondary N) is 2. The summed E-state index contributed by atoms with van der Waals surface area (Å²) >= 11 is 0. The van der Waals surface area contributed by atoms with Crippen LogP contribution in [0.2, 0.25) is 0 Å². The van der Waals surface area contributed by atoms with Crippen LogP contribution >= 0.6 is 0 Å². The van der Waals surface area contributed by atoms with E-state index >= 15 is 0 Å². The summed E-state index contributed by atoms with van der Waals surface area (Å²) in [5.74, 6) is 0.505. The molecule has 0 radical (unpaired) electrons. The van der Waals surface area contributed by atoms with Crippen molar-refractivity contribution < 1.29 is 14.3 Å². The maximum Gasteiger partial charge on any atom is 0.251 e. The molecule has 0 unspecified atom stereocenters. The molecule has 0 saturated heterocycles. The zero-order valence-corrected chi connectivity index (χ0v) is 13.8. The van der Waals surface area contributed by atoms with Gasteiger partial charge >= 0.3 is 0 Å². The van der Waals surface area contributed by atoms with E-state index in [9.17, 15) is 9.59 Å². The summed E-state index contributed by atoms with van der Waals surface area (Å²) in [5, 5.41) is 5.54. The smallest absolute Gasteiger partial charge is 0.251 e. The Kier molecular flexibility index (Phi) is 6.31. The third-order valence-corrected chi connectivity index (χ3v) is 3.43. The molecule has 6 nitrogen and oxygen atoms in total. The second-order valence-electron chi connectivity index (χ2n) is 5.30. The molecule has 1 aromatic heterocycles. The van der Waals surface area contributed by atoms with Gasteiger partial charge in [-0.25, -0.2) is 0 Å². The van der Waals surface area contributed by atoms with Crippen LogP contribution in [0.1, 0.15) is 28.5 Å². The van der Waals surface area contributed by atoms with Crippen LogP contribution < -0.4 is 15.4 Å². The Bertz CT molecular complexity index is 716. The Hall–Kier alpha value is -2.89. The van der Waals surface area contributed by atoms with Crippen LogP contribution in [0.5, 0.6) is 5.75 Å². The van der Waals surface area contributed by atoms with Crippen molar-refractivity contribution >= 4 is 11.8 Å². The number of hydrogen-bond acceptors (Lipinski definition) is 4. The monoisotopic (exact) mass is 327 g/mol. The first-order valence-electron chi connectivity index (χ1n) is 7.69. The standard InChI is InChI=1S/C18H21N3O3/c1-13(22)21-12-16-11-15(7-9-19-16)18(23)20-8-6-14-4-3-5-17(10-14)24-2/h3-5,7,9-11H,6,8,12H2,1-2H3,(H,20,23)(H,21,22). The molecular weight excluding hydrogens is 306 g/mol. The third kappa shape index (κ3) is 5.39. The number of carbonyl (C=O) groups excluding carboxylic acids is 2. The molecule has 1 aromatic carbocycles. The molecule has 1 heterocycles. The molecule has 24 heavy (non-hydrogen) atoms. The van der Waals surface area contributed by atoms with Crippen molar-refractivity contribution in [3.8, 4) is 5.75 Å². The van der Waals surface area contributed by atoms with Gasteiger partial charge in [0, 0.05) is 25.2 Å². The lowest BCUT2D eigenvalue weighted by Crippen LogP contribution is -2.26. The van der Waals surface area contributed by atoms with Gasteiger partial charge < -0.3 is 15.4 Å². The summed E-state index contributed by atoms with van der Waals surface area (Å²) in [6.07, 6.45) is 2.28. The van der Waals surface area contributed by atoms with Crippen molar-refractivity contribution in [2.75, 3.05) is 13.7 Å². The lowest BCUT2D eigenvalue weighted by Gasteiger charge is -2.08. The molecule has 6 heteroatoms. The number of hydrogen-bond donors (Lipinski definition) is 2. The minimum atomic E-state index is -0.163. The quantitative estimate of drug-likeness (QED) is 0.811. The molecule has 0 bridgehead atoms. The SMILES string of the molecule is COc1cccc(CCNC(=O)c2ccnc(CNC(C)=O)c2)c1. The summed E-state index contributed by atoms with van der Waals surface area (Å²) in [5.41, 5.74) is 2.26. The van der Waals surface area contributed by atoms with Gasteiger partial charge in [0.15, 0.2) is 0 Å². The average molecular weight is 327 g/mol. The Morgan fingerprint density at radius 1 is 1.17 bits per heavy atom. The number of nitrogens with zero attached hydrogens (tertiary/aromatic N) is 1. The van der Waals surface area contributed by atoms with E-state index in [0.717, 1.165) is 11.3 Å². The topological polar surface area (TPSA) is 80.3 Å². The third-order valence-electron chi connectivity index (χ3n) is 3.43. The first kappa shape index (κ1) is 17.5. The fourth-order valence-corrected chi connectivity index (χ4v) is 2.18. The van der Waals surface area contributed by atoms with Crippen LogP contribution in [0.3, 0.4) is 0 Å². The maximum absolute atomic E-state index is 12.2. The number of rotatable bonds is 7. The first-order chi connectivity index (χ1) is 11.6. The molecule has 126 valence electrons. The van der Waals surface area contributed by atoms with E-state index in [0.29, 0.717) is 30.8 Å². The van der Waals surface area contributed by atoms with Gasteiger partial charge in [-0.1, -0.05) is 12.1 Å². The van der Waals surface area contributed by atoms with Crippen LogP contribution in [-0.2, 0) is 17.8 Å². The van der Waals surface area contributed by atoms with Gasteiger partial charge in [0.1, 0.15) is 5.75 Å². The van der Waals surface area contributed by atoms with Crippen LogP contribution in [0.25, 0.3) is 0 Å². The highest BCUT2D eigenvalue weighted by Gasteiger charge is 2.07. The zero-order valence-electron chi connectivity index (χ0n) is 13.8. The fourth-order valence-electron chi connectivity index (χ4n) is 2.18. The molecule has 0 saturated carbocycles. The Balaban J connectivity index is 1.87. The van der Waals surface area contributed by atoms with Crippen LogP contribution in [0.15, 0.2) is 42.6 Å². The molecule has 2 rings (SSSR count). The fraction of sp³-hybridized carbons (Fsp3) is 0.278. The highest BCUT2D eigenvalue weighted by molar-refractivity contribution is 5.94. The number of carbonyl (C=O) groups is 2. The van der Waals surface area contributed by atoms with E-state index in [1.54, 1.807) is 25.4 Å². The van der Waals surface area contributed by atoms with Gasteiger partial charge in [-0.15, -0.1) is 0 Å². The van der Waals surface area contributed by atoms with Gasteiger partial charge in [0.25, 0.3) is 5.91 Å². The summed E-state index contributed by atoms with van der Waals surface area (Å²) in [7, 11) is 1.63. The van der Waals surface area contributed by atoms with Crippen molar-refractivity contribution in [1.29, 1.82) is 0 Å². The molecule has 2 aromatic rings. The normalized spacial score (nSPS) is 10.1. The minimum absolute atomic E-state index is 0.134. The van der Waals surface area contributed by atoms with Crippen molar-refractivity contribution in [1.82, 2.24) is 15.6 Å². The zero-order chi connectivity index (χ0) is 17.4. The van der Waals surface area contributed by atoms with Crippen LogP contribution in [0.4, 0.5) is 0 Å². The summed E-state index contributed by atoms with van der Waals surface area (Å²) in [4.78, 5) is 27.3. The largest absolute Gasteiger partial charge is 0.497 e. The second kappa shape index (κ2) is 8.67. The van der Waals surface area contributed by atoms with Crippen LogP contribution in [-0.4, -0.2) is 30.5 Å². The molecule has 0 aliphatic heterocycles. The summed E-state index contributed by atoms with van der Waals surface area (Å²) in [6, 6.07) is 11.1. The maximum atomic E-state index is 12.2. The molecular formula is C18H21N3O3. The van der Waals surface area contributed by atoms with E-state index in [4.69, 9.17) is 4.74 Å². The molecule has 0 spiro atoms. The number of methoxy groups -OCH3 is 1. The van der Waals surface area contributed by atoms with Crippen molar-refractivity contribution in [3.05, 3.63) is 59.4 Å². The van der Waals surface area contributed by atoms with Gasteiger partial charge in [-0.3, -0.25) is 14.6 Å². The molecule has 0 fully saturated rings. The van der Waals surface area contributed by atoms with E-state index in [2.05, 4.69) is 15.6 Å². The predicted molar refractivity (Wildman–Crippen MR) is 90.8 cm³/mol. The Morgan fingerprint density at radius 3 is 2.75 bits per heavy atom. The Labute approximate surface area is 141 Å². The number of pyridine rings is 1. The van der Waals surface area contributed by atoms with E-state index in [1.807, 2.05) is 24.3 Å². The first-order valence-corrected chi connectivity index (χ1v) is 7.69. The van der Waals surface area contributed by atoms with Crippen LogP contribution in [0, 0.1) is 0 Å². The molecule has 0 aliphatic rings. The lowest BCUT2D eigenvalue weighted by atomic mass is 10.1. The van der Waals surface area contributed by atoms with Crippen molar-refractivity contribution in [2.45, 2.75) is 19.9 Å². The van der Waals surface area contributed by atoms with Gasteiger partial charge in [-0.2, -0.15) is 0 Å². The number of ether oxygens (including phenoxy) is 1. The van der Waals surface area contributed by atoms with Gasteiger partial charge in [0.2, 0.25) is 5.91 Å². The second-order valence-corrected chi connectivity index (χ2v) is 5.30. The number of amides is 2. The molecule has 2 amide bonds. The molecule has 2 N–H and O–H groups in total. The number of benzene rings is 1. The average Bonchev–Trinajstić information content (AvgIpc) is 2.60. The Morgan fingerprint density at radius 2 is 2.00 bits per heavy atom. The lowest BCUT2D eigenvalue weighted by molar-refractivity contribution is -0.119. The van der Waals surface area contributed by atoms with E-state index in [1.165, 1.54) is 6.92 Å². The van der Waals surface area contributed by atoms with E-state index in [-0.39, 0.29) is 11.8 Å². The summed E-state index contributed by atoms with van der Waals surface area (Å²) < 4.78 is 5.18. The summed E-state index contributed by atoms with van der Waals surface area (Å²) in [6.45, 7) is 2.27. The van der Waals surface area contributed by atoms with Crippen molar-refractivity contribution in [2.24, 2.45) is 0 Å². The highest BCUT2D eigenvalue weighted by Crippen LogP contribution is 2.12. The molecule has 0 aliphatic carbocycles. The highest BCUT2D eigenvalue weighted by atomic mass is 16.5. The predicted octanol–water partition coefficient (Wildman–Crippen LogP) is 1.70. The van der Waals surface area contributed by atoms with E-state index < -0.39 is 0 Å². The minimum Gasteiger partial charge on any atom is -0.497 e. The van der Waals surface area contributed by atoms with Gasteiger partial charge in [-0.05, 0) is 36.2 Å². The number of aromatic nitrogens is 1. The van der Waals surface area contributed by atoms with Gasteiger partial charge in [0.05, 0.1) is 19.3 Å². The molecule has 0 atom stereocenters.